The van der Waals surface area contributed by atoms with Crippen LogP contribution in [0.1, 0.15) is 5.56 Å². The highest BCUT2D eigenvalue weighted by molar-refractivity contribution is 6.38. The van der Waals surface area contributed by atoms with Crippen molar-refractivity contribution in [3.05, 3.63) is 43.9 Å². The largest absolute Gasteiger partial charge is 0.478 e. The van der Waals surface area contributed by atoms with Gasteiger partial charge in [-0.15, -0.1) is 0 Å². The number of hydrogen-bond acceptors (Lipinski definition) is 3. The van der Waals surface area contributed by atoms with E-state index in [1.165, 1.54) is 6.07 Å². The van der Waals surface area contributed by atoms with Crippen LogP contribution in [0.15, 0.2) is 18.2 Å². The van der Waals surface area contributed by atoms with Crippen LogP contribution in [0.4, 0.5) is 5.69 Å². The monoisotopic (exact) mass is 261 g/mol. The van der Waals surface area contributed by atoms with E-state index in [0.717, 1.165) is 18.2 Å². The van der Waals surface area contributed by atoms with Crippen molar-refractivity contribution in [1.29, 1.82) is 0 Å². The zero-order chi connectivity index (χ0) is 12.3. The molecule has 0 aliphatic carbocycles. The van der Waals surface area contributed by atoms with E-state index in [4.69, 9.17) is 28.3 Å². The van der Waals surface area contributed by atoms with Gasteiger partial charge in [-0.25, -0.2) is 4.79 Å². The van der Waals surface area contributed by atoms with Gasteiger partial charge in [0.15, 0.2) is 0 Å². The van der Waals surface area contributed by atoms with Gasteiger partial charge in [-0.05, 0) is 12.1 Å². The molecule has 5 nitrogen and oxygen atoms in total. The number of nitro benzene ring substituents is 1. The minimum atomic E-state index is -1.20. The summed E-state index contributed by atoms with van der Waals surface area (Å²) >= 11 is 11.5. The Hall–Kier alpha value is -1.59. The Balaban J connectivity index is 3.32. The van der Waals surface area contributed by atoms with E-state index in [1.54, 1.807) is 0 Å². The lowest BCUT2D eigenvalue weighted by Crippen LogP contribution is -1.92. The molecule has 7 heteroatoms. The molecule has 1 N–H and O–H groups in total. The summed E-state index contributed by atoms with van der Waals surface area (Å²) in [7, 11) is 0. The molecule has 0 spiro atoms. The standard InChI is InChI=1S/C9H5Cl2NO4/c10-6-2-3-7(12(15)16)9(11)5(6)1-4-8(13)14/h1-4H,(H,13,14)/b4-1+. The lowest BCUT2D eigenvalue weighted by atomic mass is 10.2. The van der Waals surface area contributed by atoms with E-state index in [2.05, 4.69) is 0 Å². The molecule has 0 radical (unpaired) electrons. The Morgan fingerprint density at radius 1 is 1.44 bits per heavy atom. The van der Waals surface area contributed by atoms with Crippen molar-refractivity contribution in [2.24, 2.45) is 0 Å². The second-order valence-corrected chi connectivity index (χ2v) is 3.51. The number of rotatable bonds is 3. The van der Waals surface area contributed by atoms with Crippen LogP contribution in [0.5, 0.6) is 0 Å². The summed E-state index contributed by atoms with van der Waals surface area (Å²) in [5, 5.41) is 19.0. The predicted octanol–water partition coefficient (Wildman–Crippen LogP) is 3.00. The second-order valence-electron chi connectivity index (χ2n) is 2.72. The molecule has 0 heterocycles. The van der Waals surface area contributed by atoms with Crippen molar-refractivity contribution in [2.45, 2.75) is 0 Å². The number of aliphatic carboxylic acids is 1. The zero-order valence-electron chi connectivity index (χ0n) is 7.68. The smallest absolute Gasteiger partial charge is 0.328 e. The third kappa shape index (κ3) is 2.71. The maximum atomic E-state index is 10.6. The third-order valence-electron chi connectivity index (χ3n) is 1.70. The van der Waals surface area contributed by atoms with Crippen LogP contribution >= 0.6 is 23.2 Å². The molecule has 0 atom stereocenters. The van der Waals surface area contributed by atoms with Crippen molar-refractivity contribution in [2.75, 3.05) is 0 Å². The summed E-state index contributed by atoms with van der Waals surface area (Å²) in [5.74, 6) is -1.20. The number of carboxylic acid groups (broad SMARTS) is 1. The number of carbonyl (C=O) groups is 1. The Bertz CT molecular complexity index is 485. The van der Waals surface area contributed by atoms with E-state index >= 15 is 0 Å². The SMILES string of the molecule is O=C(O)/C=C/c1c(Cl)ccc([N+](=O)[O-])c1Cl. The fourth-order valence-corrected chi connectivity index (χ4v) is 1.57. The summed E-state index contributed by atoms with van der Waals surface area (Å²) < 4.78 is 0. The zero-order valence-corrected chi connectivity index (χ0v) is 9.20. The number of nitro groups is 1. The molecule has 1 aromatic rings. The normalized spacial score (nSPS) is 10.6. The average Bonchev–Trinajstić information content (AvgIpc) is 2.16. The van der Waals surface area contributed by atoms with Crippen LogP contribution in [-0.2, 0) is 4.79 Å². The summed E-state index contributed by atoms with van der Waals surface area (Å²) in [6.45, 7) is 0. The quantitative estimate of drug-likeness (QED) is 0.515. The molecule has 0 saturated heterocycles. The average molecular weight is 262 g/mol. The van der Waals surface area contributed by atoms with Crippen molar-refractivity contribution < 1.29 is 14.8 Å². The molecule has 84 valence electrons. The van der Waals surface area contributed by atoms with Crippen molar-refractivity contribution >= 4 is 40.9 Å². The molecule has 0 fully saturated rings. The van der Waals surface area contributed by atoms with E-state index in [0.29, 0.717) is 0 Å². The van der Waals surface area contributed by atoms with E-state index in [-0.39, 0.29) is 21.3 Å². The number of hydrogen-bond donors (Lipinski definition) is 1. The summed E-state index contributed by atoms with van der Waals surface area (Å²) in [5.41, 5.74) is -0.212. The van der Waals surface area contributed by atoms with Gasteiger partial charge in [0.2, 0.25) is 0 Å². The highest BCUT2D eigenvalue weighted by atomic mass is 35.5. The first-order valence-corrected chi connectivity index (χ1v) is 4.72. The Morgan fingerprint density at radius 3 is 2.56 bits per heavy atom. The van der Waals surface area contributed by atoms with Gasteiger partial charge >= 0.3 is 5.97 Å². The molecular weight excluding hydrogens is 257 g/mol. The van der Waals surface area contributed by atoms with Crippen LogP contribution in [0, 0.1) is 10.1 Å². The maximum Gasteiger partial charge on any atom is 0.328 e. The molecule has 0 saturated carbocycles. The fourth-order valence-electron chi connectivity index (χ4n) is 1.01. The summed E-state index contributed by atoms with van der Waals surface area (Å²) in [4.78, 5) is 20.2. The first-order valence-electron chi connectivity index (χ1n) is 3.97. The Kier molecular flexibility index (Phi) is 3.87. The molecule has 0 unspecified atom stereocenters. The lowest BCUT2D eigenvalue weighted by Gasteiger charge is -2.01. The van der Waals surface area contributed by atoms with Crippen molar-refractivity contribution in [3.8, 4) is 0 Å². The van der Waals surface area contributed by atoms with Gasteiger partial charge in [0.05, 0.1) is 4.92 Å². The lowest BCUT2D eigenvalue weighted by molar-refractivity contribution is -0.384. The van der Waals surface area contributed by atoms with Crippen LogP contribution in [0.25, 0.3) is 6.08 Å². The van der Waals surface area contributed by atoms with Crippen LogP contribution in [0.2, 0.25) is 10.0 Å². The maximum absolute atomic E-state index is 10.6. The fraction of sp³-hybridized carbons (Fsp3) is 0. The highest BCUT2D eigenvalue weighted by Gasteiger charge is 2.16. The topological polar surface area (TPSA) is 80.4 Å². The number of halogens is 2. The molecule has 0 aliphatic heterocycles. The first kappa shape index (κ1) is 12.5. The van der Waals surface area contributed by atoms with E-state index in [1.807, 2.05) is 0 Å². The van der Waals surface area contributed by atoms with Crippen molar-refractivity contribution in [1.82, 2.24) is 0 Å². The van der Waals surface area contributed by atoms with Gasteiger partial charge in [-0.2, -0.15) is 0 Å². The summed E-state index contributed by atoms with van der Waals surface area (Å²) in [6.07, 6.45) is 1.91. The molecule has 0 aromatic heterocycles. The third-order valence-corrected chi connectivity index (χ3v) is 2.42. The highest BCUT2D eigenvalue weighted by Crippen LogP contribution is 2.33. The first-order chi connectivity index (χ1) is 7.43. The number of nitrogens with zero attached hydrogens (tertiary/aromatic N) is 1. The Labute approximate surface area is 100 Å². The van der Waals surface area contributed by atoms with Gasteiger partial charge in [-0.1, -0.05) is 23.2 Å². The molecule has 0 bridgehead atoms. The van der Waals surface area contributed by atoms with E-state index < -0.39 is 10.9 Å². The minimum absolute atomic E-state index is 0.111. The number of benzene rings is 1. The molecule has 0 aliphatic rings. The van der Waals surface area contributed by atoms with Crippen LogP contribution in [0.3, 0.4) is 0 Å². The van der Waals surface area contributed by atoms with Crippen LogP contribution in [-0.4, -0.2) is 16.0 Å². The van der Waals surface area contributed by atoms with Gasteiger partial charge in [0.25, 0.3) is 5.69 Å². The molecule has 1 rings (SSSR count). The Morgan fingerprint density at radius 2 is 2.06 bits per heavy atom. The van der Waals surface area contributed by atoms with Crippen LogP contribution < -0.4 is 0 Å². The van der Waals surface area contributed by atoms with Gasteiger partial charge in [-0.3, -0.25) is 10.1 Å². The van der Waals surface area contributed by atoms with Crippen molar-refractivity contribution in [3.63, 3.8) is 0 Å². The predicted molar refractivity (Wildman–Crippen MR) is 59.8 cm³/mol. The summed E-state index contributed by atoms with van der Waals surface area (Å²) in [6, 6.07) is 2.44. The molecule has 1 aromatic carbocycles. The molecule has 16 heavy (non-hydrogen) atoms. The molecule has 0 amide bonds. The second kappa shape index (κ2) is 4.96. The minimum Gasteiger partial charge on any atom is -0.478 e. The van der Waals surface area contributed by atoms with Gasteiger partial charge in [0.1, 0.15) is 5.02 Å². The van der Waals surface area contributed by atoms with E-state index in [9.17, 15) is 14.9 Å². The molecular formula is C9H5Cl2NO4. The van der Waals surface area contributed by atoms with Gasteiger partial charge < -0.3 is 5.11 Å². The van der Waals surface area contributed by atoms with Gasteiger partial charge in [0, 0.05) is 22.7 Å². The number of carboxylic acids is 1.